The van der Waals surface area contributed by atoms with Gasteiger partial charge in [0.1, 0.15) is 5.69 Å². The molecule has 0 bridgehead atoms. The van der Waals surface area contributed by atoms with Crippen molar-refractivity contribution >= 4 is 11.6 Å². The van der Waals surface area contributed by atoms with Gasteiger partial charge in [0, 0.05) is 11.9 Å². The number of alkyl halides is 3. The molecule has 0 spiro atoms. The van der Waals surface area contributed by atoms with Crippen LogP contribution in [0.15, 0.2) is 30.6 Å². The third-order valence-corrected chi connectivity index (χ3v) is 2.10. The molecule has 0 aliphatic heterocycles. The van der Waals surface area contributed by atoms with E-state index in [1.54, 1.807) is 19.2 Å². The minimum absolute atomic E-state index is 0.316. The highest BCUT2D eigenvalue weighted by Gasteiger charge is 2.31. The Kier molecular flexibility index (Phi) is 3.14. The van der Waals surface area contributed by atoms with E-state index in [-0.39, 0.29) is 0 Å². The van der Waals surface area contributed by atoms with Gasteiger partial charge in [-0.2, -0.15) is 13.2 Å². The molecule has 7 heteroatoms. The third kappa shape index (κ3) is 2.93. The Morgan fingerprint density at radius 2 is 1.89 bits per heavy atom. The fraction of sp³-hybridized carbons (Fsp3) is 0.182. The molecule has 0 saturated carbocycles. The van der Waals surface area contributed by atoms with Crippen LogP contribution in [0.25, 0.3) is 0 Å². The molecule has 0 amide bonds. The third-order valence-electron chi connectivity index (χ3n) is 2.10. The highest BCUT2D eigenvalue weighted by Crippen LogP contribution is 2.28. The molecule has 2 heterocycles. The molecule has 18 heavy (non-hydrogen) atoms. The Morgan fingerprint density at radius 1 is 1.11 bits per heavy atom. The summed E-state index contributed by atoms with van der Waals surface area (Å²) in [4.78, 5) is 11.3. The van der Waals surface area contributed by atoms with Crippen molar-refractivity contribution in [3.05, 3.63) is 42.0 Å². The van der Waals surface area contributed by atoms with E-state index in [9.17, 15) is 13.2 Å². The first kappa shape index (κ1) is 12.3. The highest BCUT2D eigenvalue weighted by atomic mass is 19.4. The maximum atomic E-state index is 12.3. The van der Waals surface area contributed by atoms with E-state index in [0.717, 1.165) is 18.0 Å². The molecule has 0 aliphatic carbocycles. The van der Waals surface area contributed by atoms with Gasteiger partial charge in [-0.15, -0.1) is 0 Å². The lowest BCUT2D eigenvalue weighted by Crippen LogP contribution is -2.07. The van der Waals surface area contributed by atoms with Crippen LogP contribution in [0.3, 0.4) is 0 Å². The summed E-state index contributed by atoms with van der Waals surface area (Å²) in [6, 6.07) is 3.90. The molecule has 2 aromatic heterocycles. The van der Waals surface area contributed by atoms with E-state index in [0.29, 0.717) is 11.6 Å². The molecule has 0 aliphatic rings. The smallest absolute Gasteiger partial charge is 0.323 e. The zero-order chi connectivity index (χ0) is 13.2. The quantitative estimate of drug-likeness (QED) is 0.895. The maximum absolute atomic E-state index is 12.3. The zero-order valence-corrected chi connectivity index (χ0v) is 9.36. The molecule has 0 fully saturated rings. The Balaban J connectivity index is 2.16. The summed E-state index contributed by atoms with van der Waals surface area (Å²) < 4.78 is 36.9. The van der Waals surface area contributed by atoms with Gasteiger partial charge < -0.3 is 5.32 Å². The van der Waals surface area contributed by atoms with Crippen LogP contribution >= 0.6 is 0 Å². The van der Waals surface area contributed by atoms with E-state index in [1.807, 2.05) is 0 Å². The highest BCUT2D eigenvalue weighted by molar-refractivity contribution is 5.51. The largest absolute Gasteiger partial charge is 0.433 e. The second kappa shape index (κ2) is 4.59. The van der Waals surface area contributed by atoms with Crippen molar-refractivity contribution in [2.45, 2.75) is 13.1 Å². The minimum Gasteiger partial charge on any atom is -0.323 e. The minimum atomic E-state index is -4.43. The summed E-state index contributed by atoms with van der Waals surface area (Å²) in [6.45, 7) is 1.79. The lowest BCUT2D eigenvalue weighted by atomic mass is 10.3. The number of hydrogen-bond donors (Lipinski definition) is 1. The monoisotopic (exact) mass is 254 g/mol. The summed E-state index contributed by atoms with van der Waals surface area (Å²) in [7, 11) is 0. The molecule has 0 unspecified atom stereocenters. The number of hydrogen-bond acceptors (Lipinski definition) is 4. The summed E-state index contributed by atoms with van der Waals surface area (Å²) in [5.74, 6) is 0.316. The standard InChI is InChI=1S/C11H9F3N4/c1-7-4-5-15-10(17-7)18-8-2-3-9(16-6-8)11(12,13)14/h2-6H,1H3,(H,15,17,18). The van der Waals surface area contributed by atoms with Gasteiger partial charge >= 0.3 is 6.18 Å². The van der Waals surface area contributed by atoms with E-state index >= 15 is 0 Å². The second-order valence-electron chi connectivity index (χ2n) is 3.58. The lowest BCUT2D eigenvalue weighted by molar-refractivity contribution is -0.141. The average Bonchev–Trinajstić information content (AvgIpc) is 2.28. The van der Waals surface area contributed by atoms with E-state index in [4.69, 9.17) is 0 Å². The topological polar surface area (TPSA) is 50.7 Å². The molecule has 0 saturated heterocycles. The molecule has 4 nitrogen and oxygen atoms in total. The molecule has 94 valence electrons. The van der Waals surface area contributed by atoms with Crippen molar-refractivity contribution in [2.75, 3.05) is 5.32 Å². The van der Waals surface area contributed by atoms with Gasteiger partial charge in [0.25, 0.3) is 0 Å². The Hall–Kier alpha value is -2.18. The van der Waals surface area contributed by atoms with E-state index in [1.165, 1.54) is 6.07 Å². The number of nitrogens with zero attached hydrogens (tertiary/aromatic N) is 3. The van der Waals surface area contributed by atoms with Crippen LogP contribution in [0.1, 0.15) is 11.4 Å². The number of anilines is 2. The van der Waals surface area contributed by atoms with Crippen molar-refractivity contribution in [3.63, 3.8) is 0 Å². The van der Waals surface area contributed by atoms with Crippen LogP contribution in [0.2, 0.25) is 0 Å². The number of pyridine rings is 1. The Morgan fingerprint density at radius 3 is 2.44 bits per heavy atom. The van der Waals surface area contributed by atoms with Crippen molar-refractivity contribution in [1.82, 2.24) is 15.0 Å². The predicted octanol–water partition coefficient (Wildman–Crippen LogP) is 2.94. The number of halogens is 3. The van der Waals surface area contributed by atoms with Gasteiger partial charge in [0.15, 0.2) is 0 Å². The number of nitrogens with one attached hydrogen (secondary N) is 1. The molecular formula is C11H9F3N4. The molecular weight excluding hydrogens is 245 g/mol. The zero-order valence-electron chi connectivity index (χ0n) is 9.36. The molecule has 1 N–H and O–H groups in total. The summed E-state index contributed by atoms with van der Waals surface area (Å²) >= 11 is 0. The normalized spacial score (nSPS) is 11.3. The number of rotatable bonds is 2. The van der Waals surface area contributed by atoms with Gasteiger partial charge in [-0.05, 0) is 25.1 Å². The summed E-state index contributed by atoms with van der Waals surface area (Å²) in [6.07, 6.45) is -1.78. The number of aryl methyl sites for hydroxylation is 1. The first-order chi connectivity index (χ1) is 8.45. The van der Waals surface area contributed by atoms with Gasteiger partial charge in [-0.1, -0.05) is 0 Å². The van der Waals surface area contributed by atoms with Crippen LogP contribution < -0.4 is 5.32 Å². The van der Waals surface area contributed by atoms with Gasteiger partial charge in [0.2, 0.25) is 5.95 Å². The first-order valence-electron chi connectivity index (χ1n) is 5.05. The number of aromatic nitrogens is 3. The molecule has 0 radical (unpaired) electrons. The van der Waals surface area contributed by atoms with Crippen molar-refractivity contribution in [3.8, 4) is 0 Å². The SMILES string of the molecule is Cc1ccnc(Nc2ccc(C(F)(F)F)nc2)n1. The maximum Gasteiger partial charge on any atom is 0.433 e. The Bertz CT molecular complexity index is 537. The van der Waals surface area contributed by atoms with Crippen molar-refractivity contribution in [1.29, 1.82) is 0 Å². The van der Waals surface area contributed by atoms with Gasteiger partial charge in [0.05, 0.1) is 11.9 Å². The van der Waals surface area contributed by atoms with E-state index < -0.39 is 11.9 Å². The molecule has 0 aromatic carbocycles. The van der Waals surface area contributed by atoms with Crippen LogP contribution in [-0.2, 0) is 6.18 Å². The van der Waals surface area contributed by atoms with Crippen LogP contribution in [0.4, 0.5) is 24.8 Å². The van der Waals surface area contributed by atoms with Crippen LogP contribution in [0.5, 0.6) is 0 Å². The fourth-order valence-corrected chi connectivity index (χ4v) is 1.27. The molecule has 0 atom stereocenters. The average molecular weight is 254 g/mol. The van der Waals surface area contributed by atoms with Crippen molar-refractivity contribution < 1.29 is 13.2 Å². The molecule has 2 rings (SSSR count). The van der Waals surface area contributed by atoms with E-state index in [2.05, 4.69) is 20.3 Å². The summed E-state index contributed by atoms with van der Waals surface area (Å²) in [5, 5.41) is 2.77. The lowest BCUT2D eigenvalue weighted by Gasteiger charge is -2.07. The first-order valence-corrected chi connectivity index (χ1v) is 5.05. The fourth-order valence-electron chi connectivity index (χ4n) is 1.27. The summed E-state index contributed by atoms with van der Waals surface area (Å²) in [5.41, 5.74) is 0.221. The van der Waals surface area contributed by atoms with Crippen molar-refractivity contribution in [2.24, 2.45) is 0 Å². The van der Waals surface area contributed by atoms with Gasteiger partial charge in [-0.25, -0.2) is 15.0 Å². The van der Waals surface area contributed by atoms with Crippen LogP contribution in [-0.4, -0.2) is 15.0 Å². The molecule has 2 aromatic rings. The van der Waals surface area contributed by atoms with Gasteiger partial charge in [-0.3, -0.25) is 0 Å². The Labute approximate surface area is 101 Å². The predicted molar refractivity (Wildman–Crippen MR) is 59.3 cm³/mol. The van der Waals surface area contributed by atoms with Crippen LogP contribution in [0, 0.1) is 6.92 Å². The second-order valence-corrected chi connectivity index (χ2v) is 3.58.